The third-order valence-electron chi connectivity index (χ3n) is 5.06. The van der Waals surface area contributed by atoms with E-state index < -0.39 is 18.2 Å². The van der Waals surface area contributed by atoms with Gasteiger partial charge in [-0.1, -0.05) is 6.07 Å². The fourth-order valence-electron chi connectivity index (χ4n) is 3.51. The minimum atomic E-state index is -2.75. The van der Waals surface area contributed by atoms with Gasteiger partial charge in [0.1, 0.15) is 15.4 Å². The molecular weight excluding hydrogens is 428 g/mol. The van der Waals surface area contributed by atoms with Crippen LogP contribution in [-0.2, 0) is 0 Å². The van der Waals surface area contributed by atoms with Gasteiger partial charge in [0, 0.05) is 5.39 Å². The highest BCUT2D eigenvalue weighted by Crippen LogP contribution is 2.48. The third-order valence-corrected chi connectivity index (χ3v) is 6.16. The van der Waals surface area contributed by atoms with Crippen LogP contribution in [0.5, 0.6) is 11.5 Å². The molecule has 0 unspecified atom stereocenters. The highest BCUT2D eigenvalue weighted by Gasteiger charge is 2.32. The van der Waals surface area contributed by atoms with E-state index in [0.717, 1.165) is 24.2 Å². The summed E-state index contributed by atoms with van der Waals surface area (Å²) in [5, 5.41) is 3.21. The maximum Gasteiger partial charge on any atom is 0.280 e. The van der Waals surface area contributed by atoms with E-state index in [-0.39, 0.29) is 38.3 Å². The van der Waals surface area contributed by atoms with Gasteiger partial charge in [0.25, 0.3) is 18.2 Å². The fourth-order valence-corrected chi connectivity index (χ4v) is 4.54. The number of pyridine rings is 1. The predicted molar refractivity (Wildman–Crippen MR) is 113 cm³/mol. The number of primary amides is 1. The van der Waals surface area contributed by atoms with E-state index in [2.05, 4.69) is 10.3 Å². The zero-order chi connectivity index (χ0) is 22.3. The fraction of sp³-hybridized carbons (Fsp3) is 0.286. The van der Waals surface area contributed by atoms with Gasteiger partial charge in [-0.05, 0) is 42.5 Å². The van der Waals surface area contributed by atoms with E-state index in [9.17, 15) is 18.4 Å². The lowest BCUT2D eigenvalue weighted by Crippen LogP contribution is -2.17. The first-order valence-electron chi connectivity index (χ1n) is 9.43. The summed E-state index contributed by atoms with van der Waals surface area (Å²) in [6.45, 7) is 0. The van der Waals surface area contributed by atoms with Gasteiger partial charge in [-0.2, -0.15) is 0 Å². The number of aromatic nitrogens is 1. The number of thiophene rings is 1. The molecule has 7 nitrogen and oxygen atoms in total. The Bertz CT molecular complexity index is 1190. The van der Waals surface area contributed by atoms with Crippen LogP contribution in [0.15, 0.2) is 24.3 Å². The molecule has 162 valence electrons. The van der Waals surface area contributed by atoms with Crippen molar-refractivity contribution >= 4 is 39.1 Å². The van der Waals surface area contributed by atoms with Crippen LogP contribution >= 0.6 is 11.3 Å². The lowest BCUT2D eigenvalue weighted by Gasteiger charge is -2.14. The maximum absolute atomic E-state index is 13.4. The molecule has 1 saturated carbocycles. The number of benzene rings is 1. The lowest BCUT2D eigenvalue weighted by atomic mass is 10.0. The second-order valence-corrected chi connectivity index (χ2v) is 8.06. The normalized spacial score (nSPS) is 13.5. The van der Waals surface area contributed by atoms with Crippen LogP contribution in [0.1, 0.15) is 56.5 Å². The van der Waals surface area contributed by atoms with Gasteiger partial charge in [0.05, 0.1) is 25.5 Å². The minimum absolute atomic E-state index is 0.0472. The average Bonchev–Trinajstić information content (AvgIpc) is 3.54. The van der Waals surface area contributed by atoms with E-state index >= 15 is 0 Å². The molecule has 2 aromatic heterocycles. The van der Waals surface area contributed by atoms with Gasteiger partial charge < -0.3 is 20.5 Å². The van der Waals surface area contributed by atoms with Crippen LogP contribution in [0.4, 0.5) is 14.5 Å². The third kappa shape index (κ3) is 3.78. The second-order valence-electron chi connectivity index (χ2n) is 7.06. The van der Waals surface area contributed by atoms with Crippen molar-refractivity contribution in [1.82, 2.24) is 4.98 Å². The largest absolute Gasteiger partial charge is 0.493 e. The number of carbonyl (C=O) groups excluding carboxylic acids is 2. The summed E-state index contributed by atoms with van der Waals surface area (Å²) >= 11 is 0.888. The van der Waals surface area contributed by atoms with Gasteiger partial charge in [-0.15, -0.1) is 11.3 Å². The van der Waals surface area contributed by atoms with Gasteiger partial charge in [-0.3, -0.25) is 9.59 Å². The van der Waals surface area contributed by atoms with E-state index in [0.29, 0.717) is 16.7 Å². The molecular formula is C21H19F2N3O4S. The molecule has 1 fully saturated rings. The van der Waals surface area contributed by atoms with Crippen LogP contribution < -0.4 is 20.5 Å². The van der Waals surface area contributed by atoms with Crippen molar-refractivity contribution in [2.75, 3.05) is 19.5 Å². The summed E-state index contributed by atoms with van der Waals surface area (Å²) in [4.78, 5) is 29.5. The van der Waals surface area contributed by atoms with E-state index in [4.69, 9.17) is 15.2 Å². The van der Waals surface area contributed by atoms with Crippen LogP contribution in [-0.4, -0.2) is 31.0 Å². The highest BCUT2D eigenvalue weighted by atomic mass is 32.1. The monoisotopic (exact) mass is 447 g/mol. The standard InChI is InChI=1S/C21H19F2N3O4S/c1-29-13-5-3-4-10(16(13)30-2)20(28)26-15-14-11(9-6-7-9)8-12(18(22)23)25-21(14)31-17(15)19(24)27/h3-5,8-9,18H,6-7H2,1-2H3,(H2,24,27)(H,26,28). The first kappa shape index (κ1) is 21.0. The number of nitrogens with two attached hydrogens (primary N) is 1. The zero-order valence-corrected chi connectivity index (χ0v) is 17.5. The number of ether oxygens (including phenoxy) is 2. The summed E-state index contributed by atoms with van der Waals surface area (Å²) in [6.07, 6.45) is -1.08. The molecule has 0 atom stereocenters. The number of alkyl halides is 2. The van der Waals surface area contributed by atoms with Crippen LogP contribution in [0, 0.1) is 0 Å². The summed E-state index contributed by atoms with van der Waals surface area (Å²) in [5.41, 5.74) is 6.17. The van der Waals surface area contributed by atoms with E-state index in [1.807, 2.05) is 0 Å². The average molecular weight is 447 g/mol. The Labute approximate surface area is 180 Å². The summed E-state index contributed by atoms with van der Waals surface area (Å²) < 4.78 is 37.3. The Hall–Kier alpha value is -3.27. The molecule has 3 aromatic rings. The molecule has 2 heterocycles. The van der Waals surface area contributed by atoms with Gasteiger partial charge in [0.2, 0.25) is 0 Å². The molecule has 0 saturated heterocycles. The molecule has 3 N–H and O–H groups in total. The highest BCUT2D eigenvalue weighted by molar-refractivity contribution is 7.21. The van der Waals surface area contributed by atoms with Crippen molar-refractivity contribution < 1.29 is 27.8 Å². The quantitative estimate of drug-likeness (QED) is 0.556. The van der Waals surface area contributed by atoms with Crippen molar-refractivity contribution in [3.05, 3.63) is 46.0 Å². The first-order chi connectivity index (χ1) is 14.8. The summed E-state index contributed by atoms with van der Waals surface area (Å²) in [6, 6.07) is 6.17. The first-order valence-corrected chi connectivity index (χ1v) is 10.2. The van der Waals surface area contributed by atoms with Crippen molar-refractivity contribution in [3.63, 3.8) is 0 Å². The topological polar surface area (TPSA) is 104 Å². The molecule has 0 spiro atoms. The zero-order valence-electron chi connectivity index (χ0n) is 16.7. The van der Waals surface area contributed by atoms with E-state index in [1.54, 1.807) is 18.2 Å². The molecule has 0 radical (unpaired) electrons. The number of fused-ring (bicyclic) bond motifs is 1. The summed E-state index contributed by atoms with van der Waals surface area (Å²) in [7, 11) is 2.86. The summed E-state index contributed by atoms with van der Waals surface area (Å²) in [5.74, 6) is -0.681. The number of nitrogens with zero attached hydrogens (tertiary/aromatic N) is 1. The number of hydrogen-bond acceptors (Lipinski definition) is 6. The number of amides is 2. The molecule has 0 bridgehead atoms. The molecule has 2 amide bonds. The molecule has 1 aliphatic rings. The van der Waals surface area contributed by atoms with Crippen LogP contribution in [0.25, 0.3) is 10.2 Å². The van der Waals surface area contributed by atoms with Crippen molar-refractivity contribution in [2.24, 2.45) is 5.73 Å². The Kier molecular flexibility index (Phi) is 5.48. The SMILES string of the molecule is COc1cccc(C(=O)Nc2c(C(N)=O)sc3nc(C(F)F)cc(C4CC4)c23)c1OC. The van der Waals surface area contributed by atoms with Gasteiger partial charge >= 0.3 is 0 Å². The number of halogens is 2. The number of anilines is 1. The van der Waals surface area contributed by atoms with Crippen molar-refractivity contribution in [2.45, 2.75) is 25.2 Å². The number of para-hydroxylation sites is 1. The van der Waals surface area contributed by atoms with Gasteiger partial charge in [-0.25, -0.2) is 13.8 Å². The molecule has 10 heteroatoms. The van der Waals surface area contributed by atoms with E-state index in [1.165, 1.54) is 20.3 Å². The Morgan fingerprint density at radius 2 is 2.00 bits per heavy atom. The number of methoxy groups -OCH3 is 2. The Morgan fingerprint density at radius 1 is 1.26 bits per heavy atom. The van der Waals surface area contributed by atoms with Crippen molar-refractivity contribution in [1.29, 1.82) is 0 Å². The molecule has 4 rings (SSSR count). The second kappa shape index (κ2) is 8.10. The smallest absolute Gasteiger partial charge is 0.280 e. The molecule has 0 aliphatic heterocycles. The Morgan fingerprint density at radius 3 is 2.58 bits per heavy atom. The molecule has 1 aliphatic carbocycles. The van der Waals surface area contributed by atoms with Crippen LogP contribution in [0.3, 0.4) is 0 Å². The molecule has 31 heavy (non-hydrogen) atoms. The molecule has 1 aromatic carbocycles. The van der Waals surface area contributed by atoms with Gasteiger partial charge in [0.15, 0.2) is 11.5 Å². The number of nitrogens with one attached hydrogen (secondary N) is 1. The number of hydrogen-bond donors (Lipinski definition) is 2. The van der Waals surface area contributed by atoms with Crippen molar-refractivity contribution in [3.8, 4) is 11.5 Å². The number of carbonyl (C=O) groups is 2. The van der Waals surface area contributed by atoms with Crippen LogP contribution in [0.2, 0.25) is 0 Å². The maximum atomic E-state index is 13.4. The number of rotatable bonds is 7. The minimum Gasteiger partial charge on any atom is -0.493 e. The lowest BCUT2D eigenvalue weighted by molar-refractivity contribution is 0.100. The Balaban J connectivity index is 1.87. The predicted octanol–water partition coefficient (Wildman–Crippen LogP) is 4.48.